The molecule has 35 heavy (non-hydrogen) atoms. The Balaban J connectivity index is 1.94. The summed E-state index contributed by atoms with van der Waals surface area (Å²) in [4.78, 5) is 17.1. The van der Waals surface area contributed by atoms with Crippen molar-refractivity contribution in [1.82, 2.24) is 0 Å². The molecule has 1 aliphatic heterocycles. The van der Waals surface area contributed by atoms with Gasteiger partial charge in [-0.1, -0.05) is 12.1 Å². The summed E-state index contributed by atoms with van der Waals surface area (Å²) in [6, 6.07) is 13.8. The Hall–Kier alpha value is -4.12. The van der Waals surface area contributed by atoms with Crippen LogP contribution in [-0.2, 0) is 4.79 Å². The number of anilines is 2. The van der Waals surface area contributed by atoms with E-state index in [0.717, 1.165) is 16.9 Å². The summed E-state index contributed by atoms with van der Waals surface area (Å²) in [5, 5.41) is 10.2. The summed E-state index contributed by atoms with van der Waals surface area (Å²) < 4.78 is 16.5. The highest BCUT2D eigenvalue weighted by Crippen LogP contribution is 2.49. The van der Waals surface area contributed by atoms with Crippen LogP contribution in [0, 0.1) is 11.3 Å². The zero-order chi connectivity index (χ0) is 25.3. The van der Waals surface area contributed by atoms with Crippen molar-refractivity contribution in [2.75, 3.05) is 45.2 Å². The van der Waals surface area contributed by atoms with Crippen molar-refractivity contribution in [3.05, 3.63) is 64.6 Å². The first kappa shape index (κ1) is 24.0. The standard InChI is InChI=1S/C27H30N4O4/c1-30(2)17-11-9-16(10-12-17)24-19(15-28)27(29)31(20-7-6-8-21(32)25(20)24)18-13-22(33-3)26(35-5)23(14-18)34-4/h9-14,24H,6-8,29H2,1-5H3. The van der Waals surface area contributed by atoms with E-state index >= 15 is 0 Å². The van der Waals surface area contributed by atoms with Gasteiger partial charge < -0.3 is 24.8 Å². The number of nitrogens with zero attached hydrogens (tertiary/aromatic N) is 3. The molecule has 0 spiro atoms. The average molecular weight is 475 g/mol. The Morgan fingerprint density at radius 2 is 1.66 bits per heavy atom. The molecule has 0 fully saturated rings. The van der Waals surface area contributed by atoms with Gasteiger partial charge in [0.2, 0.25) is 5.75 Å². The molecule has 1 aliphatic carbocycles. The van der Waals surface area contributed by atoms with Crippen LogP contribution in [0.5, 0.6) is 17.2 Å². The zero-order valence-electron chi connectivity index (χ0n) is 20.7. The Kier molecular flexibility index (Phi) is 6.61. The van der Waals surface area contributed by atoms with Gasteiger partial charge in [0, 0.05) is 49.6 Å². The van der Waals surface area contributed by atoms with Gasteiger partial charge >= 0.3 is 0 Å². The topological polar surface area (TPSA) is 101 Å². The van der Waals surface area contributed by atoms with Crippen LogP contribution >= 0.6 is 0 Å². The maximum absolute atomic E-state index is 13.3. The van der Waals surface area contributed by atoms with Crippen LogP contribution in [0.15, 0.2) is 59.1 Å². The summed E-state index contributed by atoms with van der Waals surface area (Å²) in [6.07, 6.45) is 1.80. The van der Waals surface area contributed by atoms with E-state index in [1.54, 1.807) is 31.3 Å². The molecule has 0 amide bonds. The van der Waals surface area contributed by atoms with Crippen molar-refractivity contribution < 1.29 is 19.0 Å². The number of ether oxygens (including phenoxy) is 3. The van der Waals surface area contributed by atoms with E-state index < -0.39 is 5.92 Å². The number of hydrogen-bond acceptors (Lipinski definition) is 8. The number of nitriles is 1. The Morgan fingerprint density at radius 3 is 2.17 bits per heavy atom. The van der Waals surface area contributed by atoms with E-state index in [-0.39, 0.29) is 11.6 Å². The fourth-order valence-corrected chi connectivity index (χ4v) is 4.88. The van der Waals surface area contributed by atoms with Gasteiger partial charge in [0.15, 0.2) is 17.3 Å². The van der Waals surface area contributed by atoms with Crippen molar-refractivity contribution in [1.29, 1.82) is 5.26 Å². The van der Waals surface area contributed by atoms with Gasteiger partial charge in [-0.2, -0.15) is 5.26 Å². The fraction of sp³-hybridized carbons (Fsp3) is 0.333. The number of carbonyl (C=O) groups is 1. The van der Waals surface area contributed by atoms with Gasteiger partial charge in [0.25, 0.3) is 0 Å². The van der Waals surface area contributed by atoms with Gasteiger partial charge in [0.05, 0.1) is 44.6 Å². The molecule has 182 valence electrons. The molecule has 2 aromatic carbocycles. The van der Waals surface area contributed by atoms with E-state index in [0.29, 0.717) is 53.3 Å². The first-order valence-corrected chi connectivity index (χ1v) is 11.4. The minimum absolute atomic E-state index is 0.0330. The third kappa shape index (κ3) is 4.03. The molecule has 1 unspecified atom stereocenters. The number of carbonyl (C=O) groups excluding carboxylic acids is 1. The lowest BCUT2D eigenvalue weighted by Crippen LogP contribution is -2.38. The lowest BCUT2D eigenvalue weighted by Gasteiger charge is -2.40. The van der Waals surface area contributed by atoms with Crippen molar-refractivity contribution in [2.24, 2.45) is 5.73 Å². The zero-order valence-corrected chi connectivity index (χ0v) is 20.7. The average Bonchev–Trinajstić information content (AvgIpc) is 2.87. The third-order valence-corrected chi connectivity index (χ3v) is 6.56. The largest absolute Gasteiger partial charge is 0.493 e. The smallest absolute Gasteiger partial charge is 0.203 e. The van der Waals surface area contributed by atoms with Crippen molar-refractivity contribution in [2.45, 2.75) is 25.2 Å². The second-order valence-electron chi connectivity index (χ2n) is 8.69. The highest BCUT2D eigenvalue weighted by atomic mass is 16.5. The molecular formula is C27H30N4O4. The number of ketones is 1. The molecular weight excluding hydrogens is 444 g/mol. The van der Waals surface area contributed by atoms with E-state index in [4.69, 9.17) is 19.9 Å². The van der Waals surface area contributed by atoms with E-state index in [1.165, 1.54) is 7.11 Å². The maximum Gasteiger partial charge on any atom is 0.203 e. The summed E-state index contributed by atoms with van der Waals surface area (Å²) in [7, 11) is 8.55. The van der Waals surface area contributed by atoms with Crippen LogP contribution in [-0.4, -0.2) is 41.2 Å². The molecule has 4 rings (SSSR count). The van der Waals surface area contributed by atoms with Crippen LogP contribution in [0.25, 0.3) is 0 Å². The molecule has 2 N–H and O–H groups in total. The quantitative estimate of drug-likeness (QED) is 0.668. The predicted molar refractivity (Wildman–Crippen MR) is 135 cm³/mol. The molecule has 8 nitrogen and oxygen atoms in total. The van der Waals surface area contributed by atoms with Gasteiger partial charge in [-0.05, 0) is 30.5 Å². The number of methoxy groups -OCH3 is 3. The van der Waals surface area contributed by atoms with E-state index in [2.05, 4.69) is 6.07 Å². The molecule has 0 bridgehead atoms. The van der Waals surface area contributed by atoms with Gasteiger partial charge in [-0.15, -0.1) is 0 Å². The Morgan fingerprint density at radius 1 is 1.03 bits per heavy atom. The molecule has 8 heteroatoms. The summed E-state index contributed by atoms with van der Waals surface area (Å²) in [5.74, 6) is 1.17. The Bertz CT molecular complexity index is 1230. The summed E-state index contributed by atoms with van der Waals surface area (Å²) in [5.41, 5.74) is 11.0. The monoisotopic (exact) mass is 474 g/mol. The highest BCUT2D eigenvalue weighted by molar-refractivity contribution is 6.01. The van der Waals surface area contributed by atoms with Gasteiger partial charge in [-0.3, -0.25) is 9.69 Å². The maximum atomic E-state index is 13.3. The molecule has 0 saturated heterocycles. The summed E-state index contributed by atoms with van der Waals surface area (Å²) in [6.45, 7) is 0. The molecule has 0 radical (unpaired) electrons. The second-order valence-corrected chi connectivity index (χ2v) is 8.69. The van der Waals surface area contributed by atoms with Crippen LogP contribution in [0.3, 0.4) is 0 Å². The lowest BCUT2D eigenvalue weighted by molar-refractivity contribution is -0.116. The highest BCUT2D eigenvalue weighted by Gasteiger charge is 2.40. The number of hydrogen-bond donors (Lipinski definition) is 1. The lowest BCUT2D eigenvalue weighted by atomic mass is 9.75. The minimum atomic E-state index is -0.516. The molecule has 1 atom stereocenters. The predicted octanol–water partition coefficient (Wildman–Crippen LogP) is 4.08. The van der Waals surface area contributed by atoms with Crippen molar-refractivity contribution >= 4 is 17.2 Å². The van der Waals surface area contributed by atoms with Crippen molar-refractivity contribution in [3.8, 4) is 23.3 Å². The van der Waals surface area contributed by atoms with E-state index in [9.17, 15) is 10.1 Å². The summed E-state index contributed by atoms with van der Waals surface area (Å²) >= 11 is 0. The van der Waals surface area contributed by atoms with Crippen LogP contribution in [0.1, 0.15) is 30.7 Å². The first-order chi connectivity index (χ1) is 16.9. The van der Waals surface area contributed by atoms with Gasteiger partial charge in [0.1, 0.15) is 5.82 Å². The molecule has 0 saturated carbocycles. The molecule has 2 aromatic rings. The van der Waals surface area contributed by atoms with Crippen LogP contribution in [0.4, 0.5) is 11.4 Å². The van der Waals surface area contributed by atoms with Crippen molar-refractivity contribution in [3.63, 3.8) is 0 Å². The van der Waals surface area contributed by atoms with Crippen LogP contribution < -0.4 is 29.7 Å². The van der Waals surface area contributed by atoms with Crippen LogP contribution in [0.2, 0.25) is 0 Å². The second kappa shape index (κ2) is 9.63. The Labute approximate surface area is 205 Å². The first-order valence-electron chi connectivity index (χ1n) is 11.4. The molecule has 1 heterocycles. The number of nitrogens with two attached hydrogens (primary N) is 1. The number of rotatable bonds is 6. The number of allylic oxidation sites excluding steroid dienone is 3. The van der Waals surface area contributed by atoms with Gasteiger partial charge in [-0.25, -0.2) is 0 Å². The minimum Gasteiger partial charge on any atom is -0.493 e. The number of Topliss-reactive ketones (excluding diaryl/α,β-unsaturated/α-hetero) is 1. The SMILES string of the molecule is COc1cc(N2C(N)=C(C#N)C(c3ccc(N(C)C)cc3)C3=C2CCCC3=O)cc(OC)c1OC. The fourth-order valence-electron chi connectivity index (χ4n) is 4.88. The number of benzene rings is 2. The normalized spacial score (nSPS) is 17.7. The molecule has 2 aliphatic rings. The molecule has 0 aromatic heterocycles. The third-order valence-electron chi connectivity index (χ3n) is 6.56. The van der Waals surface area contributed by atoms with E-state index in [1.807, 2.05) is 43.3 Å².